The van der Waals surface area contributed by atoms with Crippen LogP contribution in [0.4, 0.5) is 5.69 Å². The first-order valence-corrected chi connectivity index (χ1v) is 10.1. The third-order valence-corrected chi connectivity index (χ3v) is 5.83. The zero-order valence-corrected chi connectivity index (χ0v) is 17.1. The SMILES string of the molecule is Cc1cc(C)nc(SC2=C(C(=O)OCc3ccc([N+](=O)[O-])cc3)N3C(=O)CC3C2)n1. The summed E-state index contributed by atoms with van der Waals surface area (Å²) in [5.74, 6) is -0.713. The summed E-state index contributed by atoms with van der Waals surface area (Å²) in [5, 5.41) is 11.3. The summed E-state index contributed by atoms with van der Waals surface area (Å²) in [5.41, 5.74) is 2.47. The van der Waals surface area contributed by atoms with E-state index in [0.717, 1.165) is 11.4 Å². The number of thioether (sulfide) groups is 1. The second kappa shape index (κ2) is 7.86. The van der Waals surface area contributed by atoms with Crippen LogP contribution in [0.1, 0.15) is 29.8 Å². The molecule has 10 heteroatoms. The standard InChI is InChI=1S/C20H18N4O5S/c1-11-7-12(2)22-20(21-11)30-16-8-15-9-17(25)23(15)18(16)19(26)29-10-13-3-5-14(6-4-13)24(27)28/h3-7,15H,8-10H2,1-2H3. The second-order valence-electron chi connectivity index (χ2n) is 7.13. The number of nitrogens with zero attached hydrogens (tertiary/aromatic N) is 4. The van der Waals surface area contributed by atoms with Crippen molar-refractivity contribution in [3.63, 3.8) is 0 Å². The lowest BCUT2D eigenvalue weighted by Crippen LogP contribution is -2.49. The molecule has 4 rings (SSSR count). The molecule has 2 aromatic rings. The molecule has 0 aliphatic carbocycles. The van der Waals surface area contributed by atoms with Crippen LogP contribution in [0.25, 0.3) is 0 Å². The van der Waals surface area contributed by atoms with Crippen molar-refractivity contribution < 1.29 is 19.2 Å². The molecular weight excluding hydrogens is 408 g/mol. The molecule has 1 unspecified atom stereocenters. The fourth-order valence-electron chi connectivity index (χ4n) is 3.48. The van der Waals surface area contributed by atoms with E-state index in [4.69, 9.17) is 4.74 Å². The van der Waals surface area contributed by atoms with Gasteiger partial charge in [0.05, 0.1) is 11.0 Å². The highest BCUT2D eigenvalue weighted by Gasteiger charge is 2.48. The molecule has 30 heavy (non-hydrogen) atoms. The topological polar surface area (TPSA) is 116 Å². The molecule has 9 nitrogen and oxygen atoms in total. The van der Waals surface area contributed by atoms with Crippen molar-refractivity contribution in [1.82, 2.24) is 14.9 Å². The second-order valence-corrected chi connectivity index (χ2v) is 8.19. The van der Waals surface area contributed by atoms with Gasteiger partial charge in [0, 0.05) is 41.3 Å². The summed E-state index contributed by atoms with van der Waals surface area (Å²) in [4.78, 5) is 46.2. The van der Waals surface area contributed by atoms with Gasteiger partial charge in [0.2, 0.25) is 5.91 Å². The first kappa shape index (κ1) is 20.0. The molecule has 1 fully saturated rings. The Morgan fingerprint density at radius 1 is 1.23 bits per heavy atom. The largest absolute Gasteiger partial charge is 0.456 e. The maximum absolute atomic E-state index is 12.8. The Hall–Kier alpha value is -3.27. The highest BCUT2D eigenvalue weighted by atomic mass is 32.2. The van der Waals surface area contributed by atoms with Crippen LogP contribution in [0.5, 0.6) is 0 Å². The molecule has 1 saturated heterocycles. The van der Waals surface area contributed by atoms with E-state index in [1.54, 1.807) is 0 Å². The number of hydrogen-bond donors (Lipinski definition) is 0. The Bertz CT molecular complexity index is 1060. The smallest absolute Gasteiger partial charge is 0.356 e. The lowest BCUT2D eigenvalue weighted by molar-refractivity contribution is -0.384. The zero-order valence-electron chi connectivity index (χ0n) is 16.3. The molecule has 1 atom stereocenters. The number of carbonyl (C=O) groups excluding carboxylic acids is 2. The average molecular weight is 426 g/mol. The molecule has 0 radical (unpaired) electrons. The van der Waals surface area contributed by atoms with Gasteiger partial charge in [-0.1, -0.05) is 11.8 Å². The van der Waals surface area contributed by atoms with E-state index < -0.39 is 10.9 Å². The Kier molecular flexibility index (Phi) is 5.25. The van der Waals surface area contributed by atoms with Crippen LogP contribution in [0.15, 0.2) is 46.1 Å². The number of aryl methyl sites for hydroxylation is 2. The minimum absolute atomic E-state index is 0.0344. The van der Waals surface area contributed by atoms with Gasteiger partial charge >= 0.3 is 5.97 Å². The number of aromatic nitrogens is 2. The molecule has 1 amide bonds. The lowest BCUT2D eigenvalue weighted by Gasteiger charge is -2.35. The number of nitro benzene ring substituents is 1. The maximum Gasteiger partial charge on any atom is 0.356 e. The first-order valence-electron chi connectivity index (χ1n) is 9.27. The molecule has 0 saturated carbocycles. The number of benzene rings is 1. The van der Waals surface area contributed by atoms with Gasteiger partial charge in [-0.15, -0.1) is 0 Å². The van der Waals surface area contributed by atoms with Crippen molar-refractivity contribution in [2.24, 2.45) is 0 Å². The lowest BCUT2D eigenvalue weighted by atomic mass is 10.0. The third kappa shape index (κ3) is 3.90. The number of ether oxygens (including phenoxy) is 1. The van der Waals surface area contributed by atoms with E-state index in [9.17, 15) is 19.7 Å². The fourth-order valence-corrected chi connectivity index (χ4v) is 4.63. The number of non-ortho nitro benzene ring substituents is 1. The average Bonchev–Trinajstić information content (AvgIpc) is 2.97. The minimum Gasteiger partial charge on any atom is -0.456 e. The number of β-lactam (4-membered cyclic amide) rings is 1. The Labute approximate surface area is 176 Å². The van der Waals surface area contributed by atoms with Crippen LogP contribution >= 0.6 is 11.8 Å². The van der Waals surface area contributed by atoms with Gasteiger partial charge < -0.3 is 9.64 Å². The highest BCUT2D eigenvalue weighted by Crippen LogP contribution is 2.45. The minimum atomic E-state index is -0.601. The monoisotopic (exact) mass is 426 g/mol. The molecule has 0 N–H and O–H groups in total. The van der Waals surface area contributed by atoms with Gasteiger partial charge in [-0.25, -0.2) is 14.8 Å². The van der Waals surface area contributed by atoms with Crippen LogP contribution in [-0.2, 0) is 20.9 Å². The van der Waals surface area contributed by atoms with Crippen molar-refractivity contribution in [1.29, 1.82) is 0 Å². The maximum atomic E-state index is 12.8. The fraction of sp³-hybridized carbons (Fsp3) is 0.300. The van der Waals surface area contributed by atoms with E-state index in [1.807, 2.05) is 19.9 Å². The molecule has 1 aromatic heterocycles. The van der Waals surface area contributed by atoms with Gasteiger partial charge in [-0.05, 0) is 37.6 Å². The van der Waals surface area contributed by atoms with Crippen molar-refractivity contribution in [2.75, 3.05) is 0 Å². The number of rotatable bonds is 6. The zero-order chi connectivity index (χ0) is 21.4. The van der Waals surface area contributed by atoms with E-state index in [0.29, 0.717) is 28.5 Å². The van der Waals surface area contributed by atoms with Gasteiger partial charge in [0.15, 0.2) is 5.16 Å². The Balaban J connectivity index is 1.53. The van der Waals surface area contributed by atoms with Crippen LogP contribution in [-0.4, -0.2) is 37.7 Å². The normalized spacial score (nSPS) is 17.6. The van der Waals surface area contributed by atoms with Crippen molar-refractivity contribution in [2.45, 2.75) is 44.5 Å². The summed E-state index contributed by atoms with van der Waals surface area (Å²) in [6.45, 7) is 3.70. The van der Waals surface area contributed by atoms with Crippen molar-refractivity contribution in [3.05, 3.63) is 68.0 Å². The number of nitro groups is 1. The molecule has 0 spiro atoms. The number of amides is 1. The highest BCUT2D eigenvalue weighted by molar-refractivity contribution is 8.03. The summed E-state index contributed by atoms with van der Waals surface area (Å²) in [7, 11) is 0. The summed E-state index contributed by atoms with van der Waals surface area (Å²) >= 11 is 1.28. The Morgan fingerprint density at radius 2 is 1.90 bits per heavy atom. The number of hydrogen-bond acceptors (Lipinski definition) is 8. The van der Waals surface area contributed by atoms with Crippen LogP contribution in [0.3, 0.4) is 0 Å². The van der Waals surface area contributed by atoms with Gasteiger partial charge in [0.25, 0.3) is 5.69 Å². The van der Waals surface area contributed by atoms with Gasteiger partial charge in [0.1, 0.15) is 12.3 Å². The summed E-state index contributed by atoms with van der Waals surface area (Å²) in [6, 6.07) is 7.60. The van der Waals surface area contributed by atoms with E-state index >= 15 is 0 Å². The first-order chi connectivity index (χ1) is 14.3. The quantitative estimate of drug-likeness (QED) is 0.228. The van der Waals surface area contributed by atoms with E-state index in [-0.39, 0.29) is 29.9 Å². The summed E-state index contributed by atoms with van der Waals surface area (Å²) < 4.78 is 5.41. The number of esters is 1. The van der Waals surface area contributed by atoms with E-state index in [1.165, 1.54) is 40.9 Å². The molecule has 2 aliphatic heterocycles. The Morgan fingerprint density at radius 3 is 2.50 bits per heavy atom. The predicted octanol–water partition coefficient (Wildman–Crippen LogP) is 3.05. The molecule has 0 bridgehead atoms. The van der Waals surface area contributed by atoms with E-state index in [2.05, 4.69) is 9.97 Å². The van der Waals surface area contributed by atoms with Crippen LogP contribution in [0.2, 0.25) is 0 Å². The molecular formula is C20H18N4O5S. The van der Waals surface area contributed by atoms with Crippen molar-refractivity contribution in [3.8, 4) is 0 Å². The van der Waals surface area contributed by atoms with Gasteiger partial charge in [-0.2, -0.15) is 0 Å². The summed E-state index contributed by atoms with van der Waals surface area (Å²) in [6.07, 6.45) is 0.964. The van der Waals surface area contributed by atoms with Gasteiger partial charge in [-0.3, -0.25) is 14.9 Å². The van der Waals surface area contributed by atoms with Crippen LogP contribution in [0, 0.1) is 24.0 Å². The van der Waals surface area contributed by atoms with Crippen molar-refractivity contribution >= 4 is 29.3 Å². The molecule has 3 heterocycles. The number of fused-ring (bicyclic) bond motifs is 1. The molecule has 154 valence electrons. The third-order valence-electron chi connectivity index (χ3n) is 4.86. The molecule has 1 aromatic carbocycles. The van der Waals surface area contributed by atoms with Crippen LogP contribution < -0.4 is 0 Å². The predicted molar refractivity (Wildman–Crippen MR) is 107 cm³/mol. The number of carbonyl (C=O) groups is 2. The molecule has 2 aliphatic rings.